The van der Waals surface area contributed by atoms with Gasteiger partial charge in [0.1, 0.15) is 0 Å². The molecule has 1 atom stereocenters. The van der Waals surface area contributed by atoms with E-state index in [0.29, 0.717) is 6.04 Å². The van der Waals surface area contributed by atoms with Crippen LogP contribution in [0.5, 0.6) is 0 Å². The first kappa shape index (κ1) is 10.1. The number of nitrogens with zero attached hydrogens (tertiary/aromatic N) is 1. The highest BCUT2D eigenvalue weighted by molar-refractivity contribution is 7.09. The van der Waals surface area contributed by atoms with Crippen molar-refractivity contribution in [2.45, 2.75) is 44.6 Å². The number of rotatable bonds is 4. The van der Waals surface area contributed by atoms with E-state index >= 15 is 0 Å². The van der Waals surface area contributed by atoms with Crippen molar-refractivity contribution in [1.82, 2.24) is 4.98 Å². The molecule has 1 aliphatic carbocycles. The van der Waals surface area contributed by atoms with Gasteiger partial charge in [-0.15, -0.1) is 11.3 Å². The molecule has 1 aromatic heterocycles. The molecule has 1 unspecified atom stereocenters. The van der Waals surface area contributed by atoms with Crippen LogP contribution < -0.4 is 5.73 Å². The Bertz CT molecular complexity index is 252. The summed E-state index contributed by atoms with van der Waals surface area (Å²) in [5, 5.41) is 0. The maximum Gasteiger partial charge on any atom is 0.0794 e. The van der Waals surface area contributed by atoms with Gasteiger partial charge in [-0.25, -0.2) is 0 Å². The van der Waals surface area contributed by atoms with Crippen molar-refractivity contribution < 1.29 is 0 Å². The van der Waals surface area contributed by atoms with E-state index in [4.69, 9.17) is 5.73 Å². The van der Waals surface area contributed by atoms with Crippen LogP contribution in [0.25, 0.3) is 0 Å². The van der Waals surface area contributed by atoms with Crippen molar-refractivity contribution in [3.05, 3.63) is 16.6 Å². The number of hydrogen-bond donors (Lipinski definition) is 1. The van der Waals surface area contributed by atoms with Crippen LogP contribution >= 0.6 is 11.3 Å². The molecule has 14 heavy (non-hydrogen) atoms. The minimum absolute atomic E-state index is 0.346. The van der Waals surface area contributed by atoms with Gasteiger partial charge in [0.25, 0.3) is 0 Å². The fraction of sp³-hybridized carbons (Fsp3) is 0.727. The van der Waals surface area contributed by atoms with E-state index in [1.54, 1.807) is 11.3 Å². The van der Waals surface area contributed by atoms with Crippen molar-refractivity contribution in [3.8, 4) is 0 Å². The highest BCUT2D eigenvalue weighted by atomic mass is 32.1. The Balaban J connectivity index is 1.75. The van der Waals surface area contributed by atoms with Crippen LogP contribution in [0.15, 0.2) is 11.7 Å². The van der Waals surface area contributed by atoms with Crippen LogP contribution in [-0.4, -0.2) is 11.0 Å². The molecule has 3 heteroatoms. The van der Waals surface area contributed by atoms with Crippen LogP contribution in [-0.2, 0) is 6.42 Å². The summed E-state index contributed by atoms with van der Waals surface area (Å²) in [5.41, 5.74) is 8.01. The quantitative estimate of drug-likeness (QED) is 0.829. The summed E-state index contributed by atoms with van der Waals surface area (Å²) in [5.74, 6) is 0.901. The van der Waals surface area contributed by atoms with E-state index in [1.807, 2.05) is 11.7 Å². The van der Waals surface area contributed by atoms with Crippen LogP contribution in [0.4, 0.5) is 0 Å². The normalized spacial score (nSPS) is 20.1. The van der Waals surface area contributed by atoms with Crippen LogP contribution in [0, 0.1) is 5.92 Å². The molecule has 78 valence electrons. The molecule has 0 aromatic carbocycles. The van der Waals surface area contributed by atoms with Crippen LogP contribution in [0.3, 0.4) is 0 Å². The number of hydrogen-bond acceptors (Lipinski definition) is 3. The first-order chi connectivity index (χ1) is 6.84. The Morgan fingerprint density at radius 1 is 1.50 bits per heavy atom. The molecule has 0 bridgehead atoms. The highest BCUT2D eigenvalue weighted by Crippen LogP contribution is 2.28. The second-order valence-corrected chi connectivity index (χ2v) is 5.29. The highest BCUT2D eigenvalue weighted by Gasteiger charge is 2.18. The smallest absolute Gasteiger partial charge is 0.0794 e. The van der Waals surface area contributed by atoms with Crippen molar-refractivity contribution in [2.75, 3.05) is 0 Å². The fourth-order valence-corrected chi connectivity index (χ4v) is 3.05. The van der Waals surface area contributed by atoms with E-state index in [1.165, 1.54) is 37.0 Å². The van der Waals surface area contributed by atoms with Gasteiger partial charge in [0.05, 0.1) is 5.51 Å². The third kappa shape index (κ3) is 2.79. The predicted octanol–water partition coefficient (Wildman–Crippen LogP) is 2.59. The zero-order chi connectivity index (χ0) is 9.80. The lowest BCUT2D eigenvalue weighted by Gasteiger charge is -2.14. The van der Waals surface area contributed by atoms with Gasteiger partial charge in [-0.05, 0) is 18.8 Å². The lowest BCUT2D eigenvalue weighted by Crippen LogP contribution is -2.25. The molecule has 0 saturated heterocycles. The molecule has 0 amide bonds. The second-order valence-electron chi connectivity index (χ2n) is 4.32. The summed E-state index contributed by atoms with van der Waals surface area (Å²) in [4.78, 5) is 5.40. The average Bonchev–Trinajstić information content (AvgIpc) is 2.76. The molecule has 1 fully saturated rings. The molecule has 0 spiro atoms. The van der Waals surface area contributed by atoms with Crippen molar-refractivity contribution in [2.24, 2.45) is 11.7 Å². The third-order valence-electron chi connectivity index (χ3n) is 3.06. The van der Waals surface area contributed by atoms with Crippen LogP contribution in [0.1, 0.15) is 37.0 Å². The average molecular weight is 210 g/mol. The summed E-state index contributed by atoms with van der Waals surface area (Å²) in [6.07, 6.45) is 9.79. The molecule has 1 aliphatic rings. The molecule has 2 N–H and O–H groups in total. The van der Waals surface area contributed by atoms with Gasteiger partial charge in [0.2, 0.25) is 0 Å². The zero-order valence-corrected chi connectivity index (χ0v) is 9.30. The lowest BCUT2D eigenvalue weighted by molar-refractivity contribution is 0.442. The summed E-state index contributed by atoms with van der Waals surface area (Å²) >= 11 is 1.72. The first-order valence-electron chi connectivity index (χ1n) is 5.47. The van der Waals surface area contributed by atoms with Gasteiger partial charge in [0, 0.05) is 17.1 Å². The molecule has 1 aromatic rings. The van der Waals surface area contributed by atoms with Crippen molar-refractivity contribution >= 4 is 11.3 Å². The molecule has 0 aliphatic heterocycles. The summed E-state index contributed by atoms with van der Waals surface area (Å²) in [6, 6.07) is 0.346. The summed E-state index contributed by atoms with van der Waals surface area (Å²) in [7, 11) is 0. The predicted molar refractivity (Wildman–Crippen MR) is 60.4 cm³/mol. The molecule has 0 radical (unpaired) electrons. The maximum absolute atomic E-state index is 6.12. The number of aromatic nitrogens is 1. The fourth-order valence-electron chi connectivity index (χ4n) is 2.36. The number of nitrogens with two attached hydrogens (primary N) is 1. The van der Waals surface area contributed by atoms with Gasteiger partial charge >= 0.3 is 0 Å². The molecular weight excluding hydrogens is 192 g/mol. The van der Waals surface area contributed by atoms with Gasteiger partial charge in [-0.3, -0.25) is 4.98 Å². The van der Waals surface area contributed by atoms with Gasteiger partial charge in [-0.2, -0.15) is 0 Å². The van der Waals surface area contributed by atoms with Crippen molar-refractivity contribution in [1.29, 1.82) is 0 Å². The minimum atomic E-state index is 0.346. The SMILES string of the molecule is NC(Cc1cncs1)CC1CCCC1. The van der Waals surface area contributed by atoms with Crippen LogP contribution in [0.2, 0.25) is 0 Å². The minimum Gasteiger partial charge on any atom is -0.327 e. The Morgan fingerprint density at radius 3 is 2.93 bits per heavy atom. The summed E-state index contributed by atoms with van der Waals surface area (Å²) < 4.78 is 0. The van der Waals surface area contributed by atoms with E-state index in [0.717, 1.165) is 12.3 Å². The zero-order valence-electron chi connectivity index (χ0n) is 8.48. The standard InChI is InChI=1S/C11H18N2S/c12-10(5-9-3-1-2-4-9)6-11-7-13-8-14-11/h7-10H,1-6,12H2. The Kier molecular flexibility index (Phi) is 3.54. The van der Waals surface area contributed by atoms with E-state index in [2.05, 4.69) is 4.98 Å². The molecule has 1 heterocycles. The number of thiazole rings is 1. The largest absolute Gasteiger partial charge is 0.327 e. The maximum atomic E-state index is 6.12. The summed E-state index contributed by atoms with van der Waals surface area (Å²) in [6.45, 7) is 0. The first-order valence-corrected chi connectivity index (χ1v) is 6.35. The van der Waals surface area contributed by atoms with Gasteiger partial charge in [-0.1, -0.05) is 25.7 Å². The molecule has 1 saturated carbocycles. The van der Waals surface area contributed by atoms with E-state index < -0.39 is 0 Å². The second kappa shape index (κ2) is 4.89. The topological polar surface area (TPSA) is 38.9 Å². The Morgan fingerprint density at radius 2 is 2.29 bits per heavy atom. The molecular formula is C11H18N2S. The van der Waals surface area contributed by atoms with E-state index in [-0.39, 0.29) is 0 Å². The molecule has 2 nitrogen and oxygen atoms in total. The Labute approximate surface area is 89.5 Å². The lowest BCUT2D eigenvalue weighted by atomic mass is 9.97. The monoisotopic (exact) mass is 210 g/mol. The Hall–Kier alpha value is -0.410. The molecule has 2 rings (SSSR count). The van der Waals surface area contributed by atoms with Gasteiger partial charge < -0.3 is 5.73 Å². The van der Waals surface area contributed by atoms with E-state index in [9.17, 15) is 0 Å². The van der Waals surface area contributed by atoms with Gasteiger partial charge in [0.15, 0.2) is 0 Å². The third-order valence-corrected chi connectivity index (χ3v) is 3.86. The van der Waals surface area contributed by atoms with Crippen molar-refractivity contribution in [3.63, 3.8) is 0 Å².